The molecular weight excluding hydrogens is 360 g/mol. The van der Waals surface area contributed by atoms with E-state index in [4.69, 9.17) is 4.74 Å². The monoisotopic (exact) mass is 378 g/mol. The first-order valence-electron chi connectivity index (χ1n) is 9.14. The van der Waals surface area contributed by atoms with Gasteiger partial charge in [-0.25, -0.2) is 19.7 Å². The topological polar surface area (TPSA) is 127 Å². The number of nitrogens with one attached hydrogen (secondary N) is 2. The van der Waals surface area contributed by atoms with Crippen molar-refractivity contribution < 1.29 is 4.74 Å². The second-order valence-electron chi connectivity index (χ2n) is 6.78. The fourth-order valence-corrected chi connectivity index (χ4v) is 3.43. The molecule has 4 aromatic heterocycles. The number of aromatic nitrogens is 8. The number of imidazole rings is 1. The Labute approximate surface area is 159 Å². The number of hydrogen-bond acceptors (Lipinski definition) is 7. The second-order valence-corrected chi connectivity index (χ2v) is 6.78. The number of ether oxygens (including phenoxy) is 1. The predicted octanol–water partition coefficient (Wildman–Crippen LogP) is 1.39. The average Bonchev–Trinajstić information content (AvgIpc) is 3.38. The van der Waals surface area contributed by atoms with Crippen LogP contribution in [0.4, 0.5) is 0 Å². The van der Waals surface area contributed by atoms with E-state index in [1.54, 1.807) is 17.0 Å². The maximum Gasteiger partial charge on any atom is 0.328 e. The van der Waals surface area contributed by atoms with Gasteiger partial charge >= 0.3 is 5.69 Å². The van der Waals surface area contributed by atoms with Gasteiger partial charge in [-0.2, -0.15) is 5.10 Å². The Morgan fingerprint density at radius 1 is 1.11 bits per heavy atom. The lowest BCUT2D eigenvalue weighted by atomic mass is 10.0. The van der Waals surface area contributed by atoms with Crippen molar-refractivity contribution >= 4 is 11.3 Å². The van der Waals surface area contributed by atoms with Crippen LogP contribution >= 0.6 is 0 Å². The average molecular weight is 378 g/mol. The predicted molar refractivity (Wildman–Crippen MR) is 100 cm³/mol. The van der Waals surface area contributed by atoms with E-state index in [0.29, 0.717) is 41.0 Å². The summed E-state index contributed by atoms with van der Waals surface area (Å²) in [7, 11) is 0. The van der Waals surface area contributed by atoms with Crippen molar-refractivity contribution in [3.8, 4) is 22.8 Å². The minimum absolute atomic E-state index is 0.184. The van der Waals surface area contributed by atoms with Gasteiger partial charge in [-0.05, 0) is 30.9 Å². The molecule has 0 aromatic carbocycles. The summed E-state index contributed by atoms with van der Waals surface area (Å²) in [4.78, 5) is 32.7. The van der Waals surface area contributed by atoms with E-state index in [1.807, 2.05) is 12.1 Å². The Morgan fingerprint density at radius 2 is 2.00 bits per heavy atom. The fraction of sp³-hybridized carbons (Fsp3) is 0.333. The number of hydrogen-bond donors (Lipinski definition) is 2. The minimum atomic E-state index is -0.184. The molecule has 10 heteroatoms. The van der Waals surface area contributed by atoms with Crippen molar-refractivity contribution in [3.63, 3.8) is 0 Å². The number of fused-ring (bicyclic) bond motifs is 1. The van der Waals surface area contributed by atoms with E-state index >= 15 is 0 Å². The molecular formula is C18H18N8O2. The van der Waals surface area contributed by atoms with Crippen LogP contribution in [-0.4, -0.2) is 52.9 Å². The zero-order valence-electron chi connectivity index (χ0n) is 15.0. The van der Waals surface area contributed by atoms with E-state index in [2.05, 4.69) is 35.1 Å². The molecule has 10 nitrogen and oxygen atoms in total. The van der Waals surface area contributed by atoms with E-state index < -0.39 is 0 Å². The normalized spacial score (nSPS) is 15.3. The highest BCUT2D eigenvalue weighted by Crippen LogP contribution is 2.21. The molecule has 0 saturated carbocycles. The van der Waals surface area contributed by atoms with Crippen LogP contribution < -0.4 is 5.69 Å². The Balaban J connectivity index is 1.48. The Bertz CT molecular complexity index is 1140. The number of H-pyrrole nitrogens is 2. The number of pyridine rings is 1. The maximum absolute atomic E-state index is 12.4. The molecule has 5 rings (SSSR count). The largest absolute Gasteiger partial charge is 0.381 e. The van der Waals surface area contributed by atoms with Crippen LogP contribution in [-0.2, 0) is 11.3 Å². The Hall–Kier alpha value is -3.40. The molecule has 0 amide bonds. The highest BCUT2D eigenvalue weighted by atomic mass is 16.5. The zero-order chi connectivity index (χ0) is 18.9. The summed E-state index contributed by atoms with van der Waals surface area (Å²) in [5, 5.41) is 6.69. The highest BCUT2D eigenvalue weighted by molar-refractivity contribution is 5.71. The smallest absolute Gasteiger partial charge is 0.328 e. The van der Waals surface area contributed by atoms with Gasteiger partial charge in [-0.1, -0.05) is 0 Å². The SMILES string of the molecule is O=c1[nH]c2ncc(-c3ccc(-c4nc[nH]n4)nc3)nc2n1CC1CCOCC1. The van der Waals surface area contributed by atoms with Gasteiger partial charge in [0.05, 0.1) is 11.9 Å². The Morgan fingerprint density at radius 3 is 2.75 bits per heavy atom. The lowest BCUT2D eigenvalue weighted by Crippen LogP contribution is -2.26. The molecule has 4 aromatic rings. The number of rotatable bonds is 4. The molecule has 1 aliphatic rings. The molecule has 0 atom stereocenters. The summed E-state index contributed by atoms with van der Waals surface area (Å²) in [6.45, 7) is 2.09. The molecule has 5 heterocycles. The van der Waals surface area contributed by atoms with Gasteiger partial charge in [0.15, 0.2) is 17.1 Å². The molecule has 0 spiro atoms. The summed E-state index contributed by atoms with van der Waals surface area (Å²) >= 11 is 0. The van der Waals surface area contributed by atoms with Crippen molar-refractivity contribution in [1.82, 2.24) is 39.7 Å². The summed E-state index contributed by atoms with van der Waals surface area (Å²) < 4.78 is 7.09. The molecule has 28 heavy (non-hydrogen) atoms. The van der Waals surface area contributed by atoms with Gasteiger partial charge < -0.3 is 4.74 Å². The van der Waals surface area contributed by atoms with E-state index in [9.17, 15) is 4.79 Å². The van der Waals surface area contributed by atoms with Crippen LogP contribution in [0.25, 0.3) is 34.1 Å². The van der Waals surface area contributed by atoms with Crippen molar-refractivity contribution in [2.75, 3.05) is 13.2 Å². The molecule has 142 valence electrons. The van der Waals surface area contributed by atoms with Crippen LogP contribution in [0.15, 0.2) is 35.6 Å². The summed E-state index contributed by atoms with van der Waals surface area (Å²) in [5.74, 6) is 0.933. The molecule has 2 N–H and O–H groups in total. The van der Waals surface area contributed by atoms with Crippen LogP contribution in [0.2, 0.25) is 0 Å². The first-order chi connectivity index (χ1) is 13.8. The molecule has 0 bridgehead atoms. The van der Waals surface area contributed by atoms with Crippen molar-refractivity contribution in [3.05, 3.63) is 41.3 Å². The van der Waals surface area contributed by atoms with Crippen molar-refractivity contribution in [1.29, 1.82) is 0 Å². The van der Waals surface area contributed by atoms with Gasteiger partial charge in [-0.3, -0.25) is 19.6 Å². The lowest BCUT2D eigenvalue weighted by molar-refractivity contribution is 0.0613. The fourth-order valence-electron chi connectivity index (χ4n) is 3.43. The van der Waals surface area contributed by atoms with Crippen LogP contribution in [0.3, 0.4) is 0 Å². The maximum atomic E-state index is 12.4. The zero-order valence-corrected chi connectivity index (χ0v) is 15.0. The molecule has 0 unspecified atom stereocenters. The van der Waals surface area contributed by atoms with E-state index in [1.165, 1.54) is 6.33 Å². The van der Waals surface area contributed by atoms with E-state index in [0.717, 1.165) is 31.6 Å². The molecule has 0 aliphatic carbocycles. The van der Waals surface area contributed by atoms with Crippen LogP contribution in [0.5, 0.6) is 0 Å². The summed E-state index contributed by atoms with van der Waals surface area (Å²) in [6, 6.07) is 3.72. The third-order valence-electron chi connectivity index (χ3n) is 4.97. The highest BCUT2D eigenvalue weighted by Gasteiger charge is 2.18. The van der Waals surface area contributed by atoms with Crippen molar-refractivity contribution in [2.24, 2.45) is 5.92 Å². The van der Waals surface area contributed by atoms with E-state index in [-0.39, 0.29) is 5.69 Å². The van der Waals surface area contributed by atoms with Gasteiger partial charge in [0, 0.05) is 31.5 Å². The summed E-state index contributed by atoms with van der Waals surface area (Å²) in [5.41, 5.74) is 2.99. The lowest BCUT2D eigenvalue weighted by Gasteiger charge is -2.21. The van der Waals surface area contributed by atoms with Gasteiger partial charge in [0.25, 0.3) is 0 Å². The number of nitrogens with zero attached hydrogens (tertiary/aromatic N) is 6. The minimum Gasteiger partial charge on any atom is -0.381 e. The standard InChI is InChI=1S/C18H18N8O2/c27-18-24-16-17(26(18)9-11-3-5-28-6-4-11)23-14(8-20-16)12-1-2-13(19-7-12)15-21-10-22-25-15/h1-2,7-8,10-11H,3-6,9H2,(H,20,24,27)(H,21,22,25). The van der Waals surface area contributed by atoms with Gasteiger partial charge in [0.2, 0.25) is 0 Å². The second kappa shape index (κ2) is 6.97. The first kappa shape index (κ1) is 16.8. The van der Waals surface area contributed by atoms with Crippen LogP contribution in [0, 0.1) is 5.92 Å². The quantitative estimate of drug-likeness (QED) is 0.549. The molecule has 1 fully saturated rings. The third kappa shape index (κ3) is 3.07. The van der Waals surface area contributed by atoms with Gasteiger partial charge in [0.1, 0.15) is 12.0 Å². The Kier molecular flexibility index (Phi) is 4.17. The molecule has 1 saturated heterocycles. The summed E-state index contributed by atoms with van der Waals surface area (Å²) in [6.07, 6.45) is 6.74. The first-order valence-corrected chi connectivity index (χ1v) is 9.14. The molecule has 1 aliphatic heterocycles. The van der Waals surface area contributed by atoms with Gasteiger partial charge in [-0.15, -0.1) is 0 Å². The van der Waals surface area contributed by atoms with Crippen LogP contribution in [0.1, 0.15) is 12.8 Å². The van der Waals surface area contributed by atoms with Crippen molar-refractivity contribution in [2.45, 2.75) is 19.4 Å². The third-order valence-corrected chi connectivity index (χ3v) is 4.97. The molecule has 0 radical (unpaired) electrons. The number of aromatic amines is 2.